The zero-order valence-corrected chi connectivity index (χ0v) is 12.9. The fourth-order valence-corrected chi connectivity index (χ4v) is 3.29. The van der Waals surface area contributed by atoms with E-state index in [4.69, 9.17) is 10.5 Å². The van der Waals surface area contributed by atoms with E-state index < -0.39 is 0 Å². The Labute approximate surface area is 133 Å². The van der Waals surface area contributed by atoms with Gasteiger partial charge >= 0.3 is 5.97 Å². The van der Waals surface area contributed by atoms with Crippen LogP contribution in [0, 0.1) is 0 Å². The number of nitrogen functional groups attached to an aromatic ring is 1. The average Bonchev–Trinajstić information content (AvgIpc) is 2.96. The lowest BCUT2D eigenvalue weighted by Gasteiger charge is -2.08. The molecule has 0 bridgehead atoms. The summed E-state index contributed by atoms with van der Waals surface area (Å²) in [5.74, 6) is -0.359. The van der Waals surface area contributed by atoms with Crippen LogP contribution in [0.1, 0.15) is 9.67 Å². The second-order valence-electron chi connectivity index (χ2n) is 4.83. The number of benzene rings is 2. The van der Waals surface area contributed by atoms with E-state index in [1.54, 1.807) is 5.38 Å². The van der Waals surface area contributed by atoms with Gasteiger partial charge in [0.05, 0.1) is 12.8 Å². The maximum Gasteiger partial charge on any atom is 0.348 e. The van der Waals surface area contributed by atoms with Gasteiger partial charge in [-0.1, -0.05) is 48.5 Å². The molecular weight excluding hydrogens is 294 g/mol. The Morgan fingerprint density at radius 1 is 1.00 bits per heavy atom. The van der Waals surface area contributed by atoms with E-state index in [0.29, 0.717) is 10.6 Å². The molecule has 0 saturated heterocycles. The molecule has 0 saturated carbocycles. The Morgan fingerprint density at radius 3 is 2.41 bits per heavy atom. The number of anilines is 1. The van der Waals surface area contributed by atoms with Crippen molar-refractivity contribution in [3.8, 4) is 22.3 Å². The molecule has 4 heteroatoms. The van der Waals surface area contributed by atoms with Gasteiger partial charge in [0.1, 0.15) is 4.88 Å². The van der Waals surface area contributed by atoms with Crippen LogP contribution in [0.3, 0.4) is 0 Å². The molecule has 3 nitrogen and oxygen atoms in total. The smallest absolute Gasteiger partial charge is 0.348 e. The highest BCUT2D eigenvalue weighted by Gasteiger charge is 2.19. The number of rotatable bonds is 3. The number of ether oxygens (including phenoxy) is 1. The number of methoxy groups -OCH3 is 1. The van der Waals surface area contributed by atoms with Crippen LogP contribution in [0.4, 0.5) is 5.69 Å². The van der Waals surface area contributed by atoms with E-state index in [2.05, 4.69) is 12.1 Å². The summed E-state index contributed by atoms with van der Waals surface area (Å²) in [5, 5.41) is 1.77. The normalized spacial score (nSPS) is 10.4. The van der Waals surface area contributed by atoms with Crippen LogP contribution in [-0.2, 0) is 4.74 Å². The first-order valence-corrected chi connectivity index (χ1v) is 7.70. The highest BCUT2D eigenvalue weighted by molar-refractivity contribution is 7.13. The van der Waals surface area contributed by atoms with E-state index in [1.165, 1.54) is 18.4 Å². The van der Waals surface area contributed by atoms with Gasteiger partial charge in [-0.3, -0.25) is 0 Å². The number of carbonyl (C=O) groups excluding carboxylic acids is 1. The highest BCUT2D eigenvalue weighted by Crippen LogP contribution is 2.37. The number of esters is 1. The topological polar surface area (TPSA) is 52.3 Å². The van der Waals surface area contributed by atoms with Crippen LogP contribution in [0.15, 0.2) is 60.0 Å². The van der Waals surface area contributed by atoms with Crippen LogP contribution < -0.4 is 5.73 Å². The summed E-state index contributed by atoms with van der Waals surface area (Å²) in [6.45, 7) is 0. The van der Waals surface area contributed by atoms with Crippen LogP contribution >= 0.6 is 11.3 Å². The first kappa shape index (κ1) is 14.4. The molecule has 2 aromatic carbocycles. The summed E-state index contributed by atoms with van der Waals surface area (Å²) < 4.78 is 4.84. The fourth-order valence-electron chi connectivity index (χ4n) is 2.40. The van der Waals surface area contributed by atoms with E-state index in [0.717, 1.165) is 22.3 Å². The first-order valence-electron chi connectivity index (χ1n) is 6.82. The molecular formula is C18H15NO2S. The van der Waals surface area contributed by atoms with Gasteiger partial charge < -0.3 is 10.5 Å². The summed E-state index contributed by atoms with van der Waals surface area (Å²) in [6.07, 6.45) is 0. The summed E-state index contributed by atoms with van der Waals surface area (Å²) in [7, 11) is 1.38. The van der Waals surface area contributed by atoms with E-state index in [1.807, 2.05) is 42.5 Å². The molecule has 0 spiro atoms. The lowest BCUT2D eigenvalue weighted by Crippen LogP contribution is -2.01. The van der Waals surface area contributed by atoms with Crippen molar-refractivity contribution in [3.63, 3.8) is 0 Å². The third-order valence-electron chi connectivity index (χ3n) is 3.45. The molecule has 0 aliphatic rings. The summed E-state index contributed by atoms with van der Waals surface area (Å²) in [6, 6.07) is 18.1. The number of nitrogens with two attached hydrogens (primary N) is 1. The summed E-state index contributed by atoms with van der Waals surface area (Å²) in [5.41, 5.74) is 10.5. The van der Waals surface area contributed by atoms with Gasteiger partial charge in [-0.05, 0) is 22.8 Å². The average molecular weight is 309 g/mol. The number of carbonyl (C=O) groups is 1. The van der Waals surface area contributed by atoms with E-state index in [9.17, 15) is 4.79 Å². The highest BCUT2D eigenvalue weighted by atomic mass is 32.1. The minimum Gasteiger partial charge on any atom is -0.465 e. The molecule has 0 aliphatic carbocycles. The number of thiophene rings is 1. The van der Waals surface area contributed by atoms with Crippen LogP contribution in [-0.4, -0.2) is 13.1 Å². The van der Waals surface area contributed by atoms with Gasteiger partial charge in [-0.2, -0.15) is 0 Å². The third kappa shape index (κ3) is 2.61. The lowest BCUT2D eigenvalue weighted by atomic mass is 9.99. The molecule has 0 fully saturated rings. The molecule has 1 heterocycles. The van der Waals surface area contributed by atoms with Gasteiger partial charge in [0.15, 0.2) is 0 Å². The first-order chi connectivity index (χ1) is 10.7. The fraction of sp³-hybridized carbons (Fsp3) is 0.0556. The second kappa shape index (κ2) is 6.03. The standard InChI is InChI=1S/C18H15NO2S/c1-21-18(20)17-16(15(19)11-22-17)14-9-5-8-13(10-14)12-6-3-2-4-7-12/h2-11H,19H2,1H3. The minimum atomic E-state index is -0.359. The number of hydrogen-bond donors (Lipinski definition) is 1. The van der Waals surface area contributed by atoms with Crippen molar-refractivity contribution in [2.45, 2.75) is 0 Å². The molecule has 3 rings (SSSR count). The SMILES string of the molecule is COC(=O)c1scc(N)c1-c1cccc(-c2ccccc2)c1. The molecule has 0 unspecified atom stereocenters. The van der Waals surface area contributed by atoms with Crippen molar-refractivity contribution in [1.29, 1.82) is 0 Å². The Kier molecular flexibility index (Phi) is 3.94. The molecule has 1 aromatic heterocycles. The summed E-state index contributed by atoms with van der Waals surface area (Å²) in [4.78, 5) is 12.4. The van der Waals surface area contributed by atoms with Gasteiger partial charge in [-0.15, -0.1) is 11.3 Å². The molecule has 0 radical (unpaired) electrons. The van der Waals surface area contributed by atoms with Gasteiger partial charge in [0, 0.05) is 10.9 Å². The predicted octanol–water partition coefficient (Wildman–Crippen LogP) is 4.45. The second-order valence-corrected chi connectivity index (χ2v) is 5.71. The van der Waals surface area contributed by atoms with E-state index >= 15 is 0 Å². The zero-order valence-electron chi connectivity index (χ0n) is 12.1. The largest absolute Gasteiger partial charge is 0.465 e. The van der Waals surface area contributed by atoms with Crippen molar-refractivity contribution in [2.75, 3.05) is 12.8 Å². The van der Waals surface area contributed by atoms with Crippen LogP contribution in [0.2, 0.25) is 0 Å². The maximum absolute atomic E-state index is 11.9. The van der Waals surface area contributed by atoms with E-state index in [-0.39, 0.29) is 5.97 Å². The molecule has 22 heavy (non-hydrogen) atoms. The predicted molar refractivity (Wildman–Crippen MR) is 90.9 cm³/mol. The molecule has 0 atom stereocenters. The summed E-state index contributed by atoms with van der Waals surface area (Å²) >= 11 is 1.31. The van der Waals surface area contributed by atoms with Crippen LogP contribution in [0.25, 0.3) is 22.3 Å². The minimum absolute atomic E-state index is 0.359. The van der Waals surface area contributed by atoms with Crippen molar-refractivity contribution < 1.29 is 9.53 Å². The van der Waals surface area contributed by atoms with Crippen molar-refractivity contribution in [1.82, 2.24) is 0 Å². The molecule has 0 amide bonds. The molecule has 3 aromatic rings. The van der Waals surface area contributed by atoms with Crippen molar-refractivity contribution in [3.05, 3.63) is 64.9 Å². The molecule has 0 aliphatic heterocycles. The molecule has 2 N–H and O–H groups in total. The van der Waals surface area contributed by atoms with Gasteiger partial charge in [0.25, 0.3) is 0 Å². The van der Waals surface area contributed by atoms with Crippen molar-refractivity contribution in [2.24, 2.45) is 0 Å². The van der Waals surface area contributed by atoms with Crippen LogP contribution in [0.5, 0.6) is 0 Å². The zero-order chi connectivity index (χ0) is 15.5. The lowest BCUT2D eigenvalue weighted by molar-refractivity contribution is 0.0607. The Morgan fingerprint density at radius 2 is 1.68 bits per heavy atom. The number of hydrogen-bond acceptors (Lipinski definition) is 4. The Hall–Kier alpha value is -2.59. The quantitative estimate of drug-likeness (QED) is 0.727. The van der Waals surface area contributed by atoms with Crippen molar-refractivity contribution >= 4 is 23.0 Å². The Balaban J connectivity index is 2.11. The monoisotopic (exact) mass is 309 g/mol. The Bertz CT molecular complexity index is 809. The van der Waals surface area contributed by atoms with Gasteiger partial charge in [0.2, 0.25) is 0 Å². The van der Waals surface area contributed by atoms with Gasteiger partial charge in [-0.25, -0.2) is 4.79 Å². The maximum atomic E-state index is 11.9. The third-order valence-corrected chi connectivity index (χ3v) is 4.43. The molecule has 110 valence electrons.